The molecular weight excluding hydrogens is 271 g/mol. The number of carbonyl (C=O) groups is 1. The van der Waals surface area contributed by atoms with Gasteiger partial charge in [-0.1, -0.05) is 18.2 Å². The third-order valence-electron chi connectivity index (χ3n) is 2.97. The summed E-state index contributed by atoms with van der Waals surface area (Å²) in [5.41, 5.74) is 1.82. The number of hydrogen-bond donors (Lipinski definition) is 2. The molecule has 0 radical (unpaired) electrons. The highest BCUT2D eigenvalue weighted by Gasteiger charge is 2.07. The molecule has 0 aliphatic carbocycles. The summed E-state index contributed by atoms with van der Waals surface area (Å²) in [6.45, 7) is 0.266. The van der Waals surface area contributed by atoms with Crippen LogP contribution in [0.3, 0.4) is 0 Å². The van der Waals surface area contributed by atoms with Crippen molar-refractivity contribution in [3.8, 4) is 0 Å². The molecule has 0 atom stereocenters. The highest BCUT2D eigenvalue weighted by molar-refractivity contribution is 5.89. The molecule has 0 aliphatic rings. The average Bonchev–Trinajstić information content (AvgIpc) is 2.90. The van der Waals surface area contributed by atoms with Crippen molar-refractivity contribution < 1.29 is 9.18 Å². The molecule has 2 aromatic heterocycles. The number of anilines is 1. The van der Waals surface area contributed by atoms with Gasteiger partial charge in [0.15, 0.2) is 0 Å². The molecule has 6 heteroatoms. The zero-order valence-corrected chi connectivity index (χ0v) is 11.1. The lowest BCUT2D eigenvalue weighted by Gasteiger charge is -2.06. The number of nitrogens with zero attached hydrogens (tertiary/aromatic N) is 2. The lowest BCUT2D eigenvalue weighted by atomic mass is 10.3. The molecule has 0 spiro atoms. The van der Waals surface area contributed by atoms with Crippen molar-refractivity contribution in [1.82, 2.24) is 14.9 Å². The van der Waals surface area contributed by atoms with E-state index in [1.165, 1.54) is 12.1 Å². The van der Waals surface area contributed by atoms with Crippen molar-refractivity contribution in [3.05, 3.63) is 66.2 Å². The van der Waals surface area contributed by atoms with Gasteiger partial charge in [-0.25, -0.2) is 13.7 Å². The number of rotatable bonds is 3. The van der Waals surface area contributed by atoms with Gasteiger partial charge < -0.3 is 10.6 Å². The molecule has 0 unspecified atom stereocenters. The third kappa shape index (κ3) is 3.00. The molecule has 106 valence electrons. The van der Waals surface area contributed by atoms with Crippen molar-refractivity contribution in [2.75, 3.05) is 5.32 Å². The molecule has 2 N–H and O–H groups in total. The van der Waals surface area contributed by atoms with E-state index in [4.69, 9.17) is 0 Å². The van der Waals surface area contributed by atoms with Crippen LogP contribution in [-0.2, 0) is 6.54 Å². The maximum Gasteiger partial charge on any atom is 0.319 e. The number of benzene rings is 1. The minimum absolute atomic E-state index is 0.144. The average molecular weight is 284 g/mol. The summed E-state index contributed by atoms with van der Waals surface area (Å²) in [5.74, 6) is -0.472. The fraction of sp³-hybridized carbons (Fsp3) is 0.0667. The maximum absolute atomic E-state index is 13.4. The number of halogens is 1. The van der Waals surface area contributed by atoms with Crippen LogP contribution in [0.4, 0.5) is 14.9 Å². The summed E-state index contributed by atoms with van der Waals surface area (Å²) in [5, 5.41) is 9.41. The second-order valence-electron chi connectivity index (χ2n) is 4.49. The van der Waals surface area contributed by atoms with Crippen LogP contribution in [0.25, 0.3) is 5.52 Å². The van der Waals surface area contributed by atoms with E-state index in [1.54, 1.807) is 16.6 Å². The number of nitrogens with one attached hydrogen (secondary N) is 2. The number of urea groups is 1. The van der Waals surface area contributed by atoms with E-state index in [9.17, 15) is 9.18 Å². The van der Waals surface area contributed by atoms with E-state index in [0.29, 0.717) is 0 Å². The normalized spacial score (nSPS) is 10.5. The van der Waals surface area contributed by atoms with Gasteiger partial charge in [0, 0.05) is 6.20 Å². The molecule has 0 fully saturated rings. The van der Waals surface area contributed by atoms with Crippen molar-refractivity contribution in [2.45, 2.75) is 6.54 Å². The summed E-state index contributed by atoms with van der Waals surface area (Å²) in [7, 11) is 0. The Morgan fingerprint density at radius 1 is 1.19 bits per heavy atom. The standard InChI is InChI=1S/C15H13FN4O/c16-13-6-1-2-7-14(13)18-15(21)17-10-11-9-12-5-3-4-8-20(12)19-11/h1-9H,10H2,(H2,17,18,21). The summed E-state index contributed by atoms with van der Waals surface area (Å²) in [6.07, 6.45) is 1.83. The van der Waals surface area contributed by atoms with Crippen molar-refractivity contribution in [3.63, 3.8) is 0 Å². The molecule has 0 bridgehead atoms. The van der Waals surface area contributed by atoms with E-state index in [2.05, 4.69) is 15.7 Å². The number of hydrogen-bond acceptors (Lipinski definition) is 2. The van der Waals surface area contributed by atoms with Gasteiger partial charge in [-0.15, -0.1) is 0 Å². The molecule has 0 saturated carbocycles. The lowest BCUT2D eigenvalue weighted by molar-refractivity contribution is 0.251. The van der Waals surface area contributed by atoms with Crippen LogP contribution in [0, 0.1) is 5.82 Å². The second-order valence-corrected chi connectivity index (χ2v) is 4.49. The smallest absolute Gasteiger partial charge is 0.319 e. The van der Waals surface area contributed by atoms with Gasteiger partial charge in [-0.3, -0.25) is 0 Å². The van der Waals surface area contributed by atoms with E-state index in [1.807, 2.05) is 30.5 Å². The Hall–Kier alpha value is -2.89. The number of carbonyl (C=O) groups excluding carboxylic acids is 1. The number of pyridine rings is 1. The quantitative estimate of drug-likeness (QED) is 0.777. The molecule has 1 aromatic carbocycles. The van der Waals surface area contributed by atoms with Crippen LogP contribution in [-0.4, -0.2) is 15.6 Å². The van der Waals surface area contributed by atoms with E-state index < -0.39 is 11.8 Å². The number of aromatic nitrogens is 2. The molecule has 3 rings (SSSR count). The van der Waals surface area contributed by atoms with Gasteiger partial charge in [-0.2, -0.15) is 5.10 Å². The zero-order valence-electron chi connectivity index (χ0n) is 11.1. The predicted octanol–water partition coefficient (Wildman–Crippen LogP) is 2.80. The molecule has 21 heavy (non-hydrogen) atoms. The lowest BCUT2D eigenvalue weighted by Crippen LogP contribution is -2.28. The SMILES string of the molecule is O=C(NCc1cc2ccccn2n1)Nc1ccccc1F. The largest absolute Gasteiger partial charge is 0.332 e. The van der Waals surface area contributed by atoms with Crippen LogP contribution in [0.5, 0.6) is 0 Å². The molecule has 3 aromatic rings. The fourth-order valence-electron chi connectivity index (χ4n) is 1.98. The predicted molar refractivity (Wildman–Crippen MR) is 77.5 cm³/mol. The zero-order chi connectivity index (χ0) is 14.7. The maximum atomic E-state index is 13.4. The first-order chi connectivity index (χ1) is 10.2. The van der Waals surface area contributed by atoms with Crippen LogP contribution >= 0.6 is 0 Å². The van der Waals surface area contributed by atoms with Gasteiger partial charge in [0.1, 0.15) is 5.82 Å². The summed E-state index contributed by atoms with van der Waals surface area (Å²) in [6, 6.07) is 13.1. The fourth-order valence-corrected chi connectivity index (χ4v) is 1.98. The summed E-state index contributed by atoms with van der Waals surface area (Å²) >= 11 is 0. The monoisotopic (exact) mass is 284 g/mol. The Balaban J connectivity index is 1.62. The van der Waals surface area contributed by atoms with E-state index >= 15 is 0 Å². The Labute approximate surface area is 120 Å². The van der Waals surface area contributed by atoms with Gasteiger partial charge in [-0.05, 0) is 30.3 Å². The Morgan fingerprint density at radius 3 is 2.81 bits per heavy atom. The van der Waals surface area contributed by atoms with Crippen LogP contribution < -0.4 is 10.6 Å². The van der Waals surface area contributed by atoms with Crippen molar-refractivity contribution in [2.24, 2.45) is 0 Å². The Kier molecular flexibility index (Phi) is 3.51. The van der Waals surface area contributed by atoms with E-state index in [0.717, 1.165) is 11.2 Å². The molecule has 0 aliphatic heterocycles. The molecule has 2 amide bonds. The van der Waals surface area contributed by atoms with E-state index in [-0.39, 0.29) is 12.2 Å². The van der Waals surface area contributed by atoms with Crippen molar-refractivity contribution in [1.29, 1.82) is 0 Å². The molecule has 0 saturated heterocycles. The summed E-state index contributed by atoms with van der Waals surface area (Å²) in [4.78, 5) is 11.7. The minimum atomic E-state index is -0.475. The first-order valence-corrected chi connectivity index (χ1v) is 6.45. The second kappa shape index (κ2) is 5.62. The first kappa shape index (κ1) is 13.1. The van der Waals surface area contributed by atoms with Gasteiger partial charge in [0.25, 0.3) is 0 Å². The van der Waals surface area contributed by atoms with Crippen molar-refractivity contribution >= 4 is 17.2 Å². The van der Waals surface area contributed by atoms with Gasteiger partial charge in [0.2, 0.25) is 0 Å². The van der Waals surface area contributed by atoms with Crippen LogP contribution in [0.15, 0.2) is 54.7 Å². The number of amides is 2. The highest BCUT2D eigenvalue weighted by atomic mass is 19.1. The van der Waals surface area contributed by atoms with Gasteiger partial charge >= 0.3 is 6.03 Å². The molecule has 5 nitrogen and oxygen atoms in total. The van der Waals surface area contributed by atoms with Gasteiger partial charge in [0.05, 0.1) is 23.4 Å². The molecule has 2 heterocycles. The van der Waals surface area contributed by atoms with Crippen LogP contribution in [0.2, 0.25) is 0 Å². The highest BCUT2D eigenvalue weighted by Crippen LogP contribution is 2.12. The number of fused-ring (bicyclic) bond motifs is 1. The Bertz CT molecular complexity index is 751. The number of para-hydroxylation sites is 1. The third-order valence-corrected chi connectivity index (χ3v) is 2.97. The van der Waals surface area contributed by atoms with Crippen LogP contribution in [0.1, 0.15) is 5.69 Å². The molecular formula is C15H13FN4O. The minimum Gasteiger partial charge on any atom is -0.332 e. The summed E-state index contributed by atoms with van der Waals surface area (Å²) < 4.78 is 15.1. The first-order valence-electron chi connectivity index (χ1n) is 6.45. The topological polar surface area (TPSA) is 58.4 Å². The Morgan fingerprint density at radius 2 is 2.00 bits per heavy atom.